The highest BCUT2D eigenvalue weighted by atomic mass is 16.2. The second kappa shape index (κ2) is 5.53. The van der Waals surface area contributed by atoms with Crippen molar-refractivity contribution in [2.45, 2.75) is 50.6 Å². The molecule has 2 amide bonds. The van der Waals surface area contributed by atoms with E-state index in [0.717, 1.165) is 38.8 Å². The van der Waals surface area contributed by atoms with Gasteiger partial charge >= 0.3 is 6.03 Å². The van der Waals surface area contributed by atoms with Crippen molar-refractivity contribution in [3.05, 3.63) is 0 Å². The third-order valence-corrected chi connectivity index (χ3v) is 3.76. The van der Waals surface area contributed by atoms with Gasteiger partial charge in [-0.25, -0.2) is 4.79 Å². The van der Waals surface area contributed by atoms with Crippen LogP contribution in [0.25, 0.3) is 0 Å². The number of hydrogen-bond acceptors (Lipinski definition) is 2. The summed E-state index contributed by atoms with van der Waals surface area (Å²) in [5.74, 6) is 0. The van der Waals surface area contributed by atoms with Crippen molar-refractivity contribution in [2.75, 3.05) is 20.1 Å². The number of nitrogens with one attached hydrogen (secondary N) is 2. The number of hydrogen-bond donors (Lipinski definition) is 2. The second-order valence-corrected chi connectivity index (χ2v) is 4.98. The molecule has 0 aromatic heterocycles. The van der Waals surface area contributed by atoms with Crippen LogP contribution in [0.5, 0.6) is 0 Å². The SMILES string of the molecule is CNCC1CCCN1C(=O)NC1CCCC1. The number of urea groups is 1. The molecule has 16 heavy (non-hydrogen) atoms. The molecule has 1 saturated heterocycles. The normalized spacial score (nSPS) is 26.3. The molecule has 0 aromatic rings. The molecule has 2 fully saturated rings. The Bertz CT molecular complexity index is 238. The molecule has 1 aliphatic heterocycles. The molecule has 1 heterocycles. The van der Waals surface area contributed by atoms with Gasteiger partial charge in [-0.3, -0.25) is 0 Å². The van der Waals surface area contributed by atoms with Crippen LogP contribution < -0.4 is 10.6 Å². The van der Waals surface area contributed by atoms with Crippen LogP contribution in [0, 0.1) is 0 Å². The van der Waals surface area contributed by atoms with E-state index in [-0.39, 0.29) is 6.03 Å². The Kier molecular flexibility index (Phi) is 4.04. The monoisotopic (exact) mass is 225 g/mol. The number of carbonyl (C=O) groups is 1. The van der Waals surface area contributed by atoms with E-state index >= 15 is 0 Å². The van der Waals surface area contributed by atoms with Gasteiger partial charge in [0.05, 0.1) is 0 Å². The van der Waals surface area contributed by atoms with E-state index in [0.29, 0.717) is 12.1 Å². The zero-order chi connectivity index (χ0) is 11.4. The van der Waals surface area contributed by atoms with Crippen molar-refractivity contribution >= 4 is 6.03 Å². The maximum Gasteiger partial charge on any atom is 0.317 e. The molecule has 1 atom stereocenters. The highest BCUT2D eigenvalue weighted by Gasteiger charge is 2.29. The molecule has 92 valence electrons. The van der Waals surface area contributed by atoms with Crippen LogP contribution in [0.1, 0.15) is 38.5 Å². The first-order valence-electron chi connectivity index (χ1n) is 6.53. The largest absolute Gasteiger partial charge is 0.335 e. The Morgan fingerprint density at radius 1 is 1.25 bits per heavy atom. The van der Waals surface area contributed by atoms with Gasteiger partial charge in [0.25, 0.3) is 0 Å². The van der Waals surface area contributed by atoms with Crippen LogP contribution >= 0.6 is 0 Å². The van der Waals surface area contributed by atoms with Crippen molar-refractivity contribution in [3.63, 3.8) is 0 Å². The Morgan fingerprint density at radius 3 is 2.69 bits per heavy atom. The zero-order valence-corrected chi connectivity index (χ0v) is 10.2. The number of amides is 2. The minimum Gasteiger partial charge on any atom is -0.335 e. The van der Waals surface area contributed by atoms with Crippen molar-refractivity contribution < 1.29 is 4.79 Å². The summed E-state index contributed by atoms with van der Waals surface area (Å²) < 4.78 is 0. The predicted octanol–water partition coefficient (Wildman–Crippen LogP) is 1.32. The average Bonchev–Trinajstić information content (AvgIpc) is 2.89. The summed E-state index contributed by atoms with van der Waals surface area (Å²) in [7, 11) is 1.95. The third-order valence-electron chi connectivity index (χ3n) is 3.76. The molecule has 2 N–H and O–H groups in total. The summed E-state index contributed by atoms with van der Waals surface area (Å²) in [6, 6.07) is 0.986. The molecule has 4 nitrogen and oxygen atoms in total. The van der Waals surface area contributed by atoms with Crippen LogP contribution in [0.15, 0.2) is 0 Å². The van der Waals surface area contributed by atoms with E-state index in [9.17, 15) is 4.79 Å². The molecule has 2 aliphatic rings. The predicted molar refractivity (Wildman–Crippen MR) is 64.4 cm³/mol. The lowest BCUT2D eigenvalue weighted by molar-refractivity contribution is 0.188. The first-order valence-corrected chi connectivity index (χ1v) is 6.53. The van der Waals surface area contributed by atoms with Gasteiger partial charge in [-0.2, -0.15) is 0 Å². The van der Waals surface area contributed by atoms with E-state index < -0.39 is 0 Å². The highest BCUT2D eigenvalue weighted by molar-refractivity contribution is 5.75. The number of carbonyl (C=O) groups excluding carboxylic acids is 1. The second-order valence-electron chi connectivity index (χ2n) is 4.98. The third kappa shape index (κ3) is 2.67. The average molecular weight is 225 g/mol. The highest BCUT2D eigenvalue weighted by Crippen LogP contribution is 2.20. The summed E-state index contributed by atoms with van der Waals surface area (Å²) in [5.41, 5.74) is 0. The summed E-state index contributed by atoms with van der Waals surface area (Å²) in [6.07, 6.45) is 7.14. The Morgan fingerprint density at radius 2 is 2.00 bits per heavy atom. The van der Waals surface area contributed by atoms with Crippen molar-refractivity contribution in [3.8, 4) is 0 Å². The maximum atomic E-state index is 12.1. The van der Waals surface area contributed by atoms with Crippen LogP contribution in [-0.2, 0) is 0 Å². The van der Waals surface area contributed by atoms with Gasteiger partial charge in [0, 0.05) is 25.2 Å². The summed E-state index contributed by atoms with van der Waals surface area (Å²) in [5, 5.41) is 6.33. The van der Waals surface area contributed by atoms with Crippen LogP contribution in [0.3, 0.4) is 0 Å². The Hall–Kier alpha value is -0.770. The van der Waals surface area contributed by atoms with E-state index in [4.69, 9.17) is 0 Å². The molecule has 2 rings (SSSR count). The fraction of sp³-hybridized carbons (Fsp3) is 0.917. The lowest BCUT2D eigenvalue weighted by Crippen LogP contribution is -2.48. The molecule has 0 aromatic carbocycles. The molecule has 4 heteroatoms. The van der Waals surface area contributed by atoms with Crippen molar-refractivity contribution in [1.29, 1.82) is 0 Å². The Balaban J connectivity index is 1.82. The number of likely N-dealkylation sites (tertiary alicyclic amines) is 1. The quantitative estimate of drug-likeness (QED) is 0.761. The summed E-state index contributed by atoms with van der Waals surface area (Å²) in [6.45, 7) is 1.84. The number of rotatable bonds is 3. The van der Waals surface area contributed by atoms with Gasteiger partial charge in [-0.15, -0.1) is 0 Å². The van der Waals surface area contributed by atoms with Gasteiger partial charge in [0.1, 0.15) is 0 Å². The lowest BCUT2D eigenvalue weighted by atomic mass is 10.2. The standard InChI is InChI=1S/C12H23N3O/c1-13-9-11-7-4-8-15(11)12(16)14-10-5-2-3-6-10/h10-11,13H,2-9H2,1H3,(H,14,16). The van der Waals surface area contributed by atoms with Gasteiger partial charge in [-0.05, 0) is 32.7 Å². The van der Waals surface area contributed by atoms with Gasteiger partial charge in [-0.1, -0.05) is 12.8 Å². The molecular weight excluding hydrogens is 202 g/mol. The smallest absolute Gasteiger partial charge is 0.317 e. The van der Waals surface area contributed by atoms with Crippen LogP contribution in [0.2, 0.25) is 0 Å². The first kappa shape index (κ1) is 11.7. The number of likely N-dealkylation sites (N-methyl/N-ethyl adjacent to an activating group) is 1. The van der Waals surface area contributed by atoms with Gasteiger partial charge in [0.2, 0.25) is 0 Å². The van der Waals surface area contributed by atoms with E-state index in [1.54, 1.807) is 0 Å². The zero-order valence-electron chi connectivity index (χ0n) is 10.2. The first-order chi connectivity index (χ1) is 7.81. The minimum atomic E-state index is 0.157. The molecular formula is C12H23N3O. The van der Waals surface area contributed by atoms with Gasteiger partial charge < -0.3 is 15.5 Å². The lowest BCUT2D eigenvalue weighted by Gasteiger charge is -2.26. The maximum absolute atomic E-state index is 12.1. The summed E-state index contributed by atoms with van der Waals surface area (Å²) in [4.78, 5) is 14.1. The topological polar surface area (TPSA) is 44.4 Å². The number of nitrogens with zero attached hydrogens (tertiary/aromatic N) is 1. The molecule has 1 unspecified atom stereocenters. The van der Waals surface area contributed by atoms with Crippen molar-refractivity contribution in [1.82, 2.24) is 15.5 Å². The Labute approximate surface area is 97.8 Å². The van der Waals surface area contributed by atoms with Crippen LogP contribution in [0.4, 0.5) is 4.79 Å². The van der Waals surface area contributed by atoms with Crippen molar-refractivity contribution in [2.24, 2.45) is 0 Å². The van der Waals surface area contributed by atoms with E-state index in [1.807, 2.05) is 11.9 Å². The molecule has 0 spiro atoms. The minimum absolute atomic E-state index is 0.157. The van der Waals surface area contributed by atoms with E-state index in [1.165, 1.54) is 12.8 Å². The van der Waals surface area contributed by atoms with E-state index in [2.05, 4.69) is 10.6 Å². The fourth-order valence-corrected chi connectivity index (χ4v) is 2.88. The molecule has 1 aliphatic carbocycles. The molecule has 1 saturated carbocycles. The van der Waals surface area contributed by atoms with Crippen LogP contribution in [-0.4, -0.2) is 43.2 Å². The molecule has 0 bridgehead atoms. The summed E-state index contributed by atoms with van der Waals surface area (Å²) >= 11 is 0. The molecule has 0 radical (unpaired) electrons. The fourth-order valence-electron chi connectivity index (χ4n) is 2.88. The van der Waals surface area contributed by atoms with Gasteiger partial charge in [0.15, 0.2) is 0 Å².